The Kier molecular flexibility index (Phi) is 4.34. The molecule has 0 unspecified atom stereocenters. The average Bonchev–Trinajstić information content (AvgIpc) is 1.86. The summed E-state index contributed by atoms with van der Waals surface area (Å²) in [6.07, 6.45) is -3.53. The largest absolute Gasteiger partial charge is 0.391 e. The van der Waals surface area contributed by atoms with E-state index >= 15 is 0 Å². The second-order valence-corrected chi connectivity index (χ2v) is 3.12. The smallest absolute Gasteiger partial charge is 0.314 e. The molecular weight excluding hydrogens is 191 g/mol. The molecule has 1 fully saturated rings. The lowest BCUT2D eigenvalue weighted by Gasteiger charge is -2.29. The van der Waals surface area contributed by atoms with Crippen LogP contribution < -0.4 is 5.32 Å². The summed E-state index contributed by atoms with van der Waals surface area (Å²) in [5.41, 5.74) is 0. The summed E-state index contributed by atoms with van der Waals surface area (Å²) in [5, 5.41) is 2.98. The third-order valence-electron chi connectivity index (χ3n) is 2.09. The van der Waals surface area contributed by atoms with Crippen LogP contribution in [0, 0.1) is 5.92 Å². The van der Waals surface area contributed by atoms with Crippen molar-refractivity contribution in [3.8, 4) is 0 Å². The van der Waals surface area contributed by atoms with Gasteiger partial charge in [-0.1, -0.05) is 0 Å². The molecule has 0 bridgehead atoms. The van der Waals surface area contributed by atoms with Crippen LogP contribution in [-0.4, -0.2) is 18.8 Å². The normalized spacial score (nSPS) is 31.0. The monoisotopic (exact) mass is 203 g/mol. The van der Waals surface area contributed by atoms with Crippen LogP contribution in [0.1, 0.15) is 19.8 Å². The Morgan fingerprint density at radius 2 is 1.92 bits per heavy atom. The Hall–Kier alpha value is 0.0400. The van der Waals surface area contributed by atoms with Gasteiger partial charge in [0.25, 0.3) is 0 Å². The molecular formula is C7H13ClF3N. The fourth-order valence-corrected chi connectivity index (χ4v) is 1.43. The molecule has 1 nitrogen and oxygen atoms in total. The van der Waals surface area contributed by atoms with Crippen LogP contribution >= 0.6 is 12.4 Å². The van der Waals surface area contributed by atoms with Crippen LogP contribution in [0.5, 0.6) is 0 Å². The Balaban J connectivity index is 0.00000121. The first-order valence-corrected chi connectivity index (χ1v) is 3.80. The van der Waals surface area contributed by atoms with Gasteiger partial charge in [-0.05, 0) is 26.3 Å². The van der Waals surface area contributed by atoms with Crippen molar-refractivity contribution in [2.75, 3.05) is 6.54 Å². The lowest BCUT2D eigenvalue weighted by molar-refractivity contribution is -0.182. The van der Waals surface area contributed by atoms with Gasteiger partial charge in [0.15, 0.2) is 0 Å². The minimum absolute atomic E-state index is 0. The summed E-state index contributed by atoms with van der Waals surface area (Å²) in [6, 6.07) is 0.00961. The van der Waals surface area contributed by atoms with Gasteiger partial charge in [-0.25, -0.2) is 0 Å². The second-order valence-electron chi connectivity index (χ2n) is 3.12. The first-order chi connectivity index (χ1) is 5.00. The summed E-state index contributed by atoms with van der Waals surface area (Å²) in [4.78, 5) is 0. The van der Waals surface area contributed by atoms with E-state index in [1.165, 1.54) is 0 Å². The first-order valence-electron chi connectivity index (χ1n) is 3.80. The maximum Gasteiger partial charge on any atom is 0.391 e. The van der Waals surface area contributed by atoms with E-state index in [1.54, 1.807) is 6.92 Å². The molecule has 1 saturated heterocycles. The fraction of sp³-hybridized carbons (Fsp3) is 1.00. The van der Waals surface area contributed by atoms with Crippen molar-refractivity contribution in [1.29, 1.82) is 0 Å². The zero-order chi connectivity index (χ0) is 8.48. The van der Waals surface area contributed by atoms with E-state index in [0.29, 0.717) is 6.54 Å². The SMILES string of the molecule is C[C@H]1C[C@@H](C(F)(F)F)CCN1.Cl. The highest BCUT2D eigenvalue weighted by Gasteiger charge is 2.41. The van der Waals surface area contributed by atoms with Gasteiger partial charge in [0.2, 0.25) is 0 Å². The molecule has 1 heterocycles. The van der Waals surface area contributed by atoms with Crippen LogP contribution in [0.3, 0.4) is 0 Å². The molecule has 0 radical (unpaired) electrons. The molecule has 1 aliphatic rings. The summed E-state index contributed by atoms with van der Waals surface area (Å²) < 4.78 is 36.3. The van der Waals surface area contributed by atoms with E-state index in [-0.39, 0.29) is 31.3 Å². The van der Waals surface area contributed by atoms with E-state index in [2.05, 4.69) is 5.32 Å². The summed E-state index contributed by atoms with van der Waals surface area (Å²) in [6.45, 7) is 2.28. The molecule has 0 spiro atoms. The van der Waals surface area contributed by atoms with Crippen molar-refractivity contribution < 1.29 is 13.2 Å². The van der Waals surface area contributed by atoms with Gasteiger partial charge >= 0.3 is 6.18 Å². The van der Waals surface area contributed by atoms with Crippen molar-refractivity contribution in [2.45, 2.75) is 32.0 Å². The lowest BCUT2D eigenvalue weighted by Crippen LogP contribution is -2.41. The number of piperidine rings is 1. The van der Waals surface area contributed by atoms with Crippen LogP contribution in [0.2, 0.25) is 0 Å². The van der Waals surface area contributed by atoms with Crippen molar-refractivity contribution in [3.63, 3.8) is 0 Å². The predicted octanol–water partition coefficient (Wildman–Crippen LogP) is 2.36. The lowest BCUT2D eigenvalue weighted by atomic mass is 9.93. The minimum Gasteiger partial charge on any atom is -0.314 e. The van der Waals surface area contributed by atoms with E-state index < -0.39 is 12.1 Å². The predicted molar refractivity (Wildman–Crippen MR) is 43.5 cm³/mol. The molecule has 0 aromatic rings. The second kappa shape index (κ2) is 4.33. The van der Waals surface area contributed by atoms with Crippen LogP contribution in [-0.2, 0) is 0 Å². The molecule has 1 N–H and O–H groups in total. The number of rotatable bonds is 0. The summed E-state index contributed by atoms with van der Waals surface area (Å²) in [7, 11) is 0. The average molecular weight is 204 g/mol. The molecule has 0 aromatic carbocycles. The number of nitrogens with one attached hydrogen (secondary N) is 1. The van der Waals surface area contributed by atoms with E-state index in [0.717, 1.165) is 0 Å². The highest BCUT2D eigenvalue weighted by Crippen LogP contribution is 2.33. The zero-order valence-electron chi connectivity index (χ0n) is 6.82. The molecule has 12 heavy (non-hydrogen) atoms. The molecule has 2 atom stereocenters. The van der Waals surface area contributed by atoms with E-state index in [9.17, 15) is 13.2 Å². The van der Waals surface area contributed by atoms with Crippen molar-refractivity contribution in [1.82, 2.24) is 5.32 Å². The van der Waals surface area contributed by atoms with Crippen molar-refractivity contribution >= 4 is 12.4 Å². The standard InChI is InChI=1S/C7H12F3N.ClH/c1-5-4-6(2-3-11-5)7(8,9)10;/h5-6,11H,2-4H2,1H3;1H/t5-,6-;/m0./s1. The number of alkyl halides is 3. The van der Waals surface area contributed by atoms with Gasteiger partial charge in [0, 0.05) is 6.04 Å². The molecule has 0 aromatic heterocycles. The Labute approximate surface area is 76.1 Å². The maximum absolute atomic E-state index is 12.1. The van der Waals surface area contributed by atoms with Gasteiger partial charge in [0.05, 0.1) is 5.92 Å². The van der Waals surface area contributed by atoms with Gasteiger partial charge in [0.1, 0.15) is 0 Å². The summed E-state index contributed by atoms with van der Waals surface area (Å²) >= 11 is 0. The Morgan fingerprint density at radius 1 is 1.33 bits per heavy atom. The van der Waals surface area contributed by atoms with Crippen LogP contribution in [0.4, 0.5) is 13.2 Å². The van der Waals surface area contributed by atoms with Crippen molar-refractivity contribution in [2.24, 2.45) is 5.92 Å². The molecule has 1 aliphatic heterocycles. The van der Waals surface area contributed by atoms with Gasteiger partial charge in [-0.2, -0.15) is 13.2 Å². The van der Waals surface area contributed by atoms with Gasteiger partial charge in [-0.15, -0.1) is 12.4 Å². The van der Waals surface area contributed by atoms with E-state index in [1.807, 2.05) is 0 Å². The molecule has 0 aliphatic carbocycles. The number of hydrogen-bond acceptors (Lipinski definition) is 1. The molecule has 5 heteroatoms. The van der Waals surface area contributed by atoms with Gasteiger partial charge in [-0.3, -0.25) is 0 Å². The van der Waals surface area contributed by atoms with Crippen LogP contribution in [0.25, 0.3) is 0 Å². The third-order valence-corrected chi connectivity index (χ3v) is 2.09. The Morgan fingerprint density at radius 3 is 2.25 bits per heavy atom. The first kappa shape index (κ1) is 12.0. The molecule has 74 valence electrons. The molecule has 1 rings (SSSR count). The van der Waals surface area contributed by atoms with Crippen molar-refractivity contribution in [3.05, 3.63) is 0 Å². The van der Waals surface area contributed by atoms with E-state index in [4.69, 9.17) is 0 Å². The number of hydrogen-bond donors (Lipinski definition) is 1. The third kappa shape index (κ3) is 3.19. The highest BCUT2D eigenvalue weighted by atomic mass is 35.5. The topological polar surface area (TPSA) is 12.0 Å². The fourth-order valence-electron chi connectivity index (χ4n) is 1.43. The molecule has 0 saturated carbocycles. The van der Waals surface area contributed by atoms with Crippen LogP contribution in [0.15, 0.2) is 0 Å². The quantitative estimate of drug-likeness (QED) is 0.638. The minimum atomic E-state index is -3.99. The summed E-state index contributed by atoms with van der Waals surface area (Å²) in [5.74, 6) is -1.08. The van der Waals surface area contributed by atoms with Gasteiger partial charge < -0.3 is 5.32 Å². The number of halogens is 4. The molecule has 0 amide bonds. The maximum atomic E-state index is 12.1. The Bertz CT molecular complexity index is 137. The highest BCUT2D eigenvalue weighted by molar-refractivity contribution is 5.85. The zero-order valence-corrected chi connectivity index (χ0v) is 7.63.